The Morgan fingerprint density at radius 2 is 1.60 bits per heavy atom. The summed E-state index contributed by atoms with van der Waals surface area (Å²) in [5, 5.41) is 0.267. The molecule has 0 fully saturated rings. The summed E-state index contributed by atoms with van der Waals surface area (Å²) in [7, 11) is -3.99. The van der Waals surface area contributed by atoms with Crippen molar-refractivity contribution in [3.8, 4) is 0 Å². The minimum atomic E-state index is -3.99. The third-order valence-corrected chi connectivity index (χ3v) is 7.24. The summed E-state index contributed by atoms with van der Waals surface area (Å²) >= 11 is 6.33. The van der Waals surface area contributed by atoms with Crippen LogP contribution in [0.3, 0.4) is 0 Å². The number of anilines is 2. The largest absolute Gasteiger partial charge is 0.311 e. The van der Waals surface area contributed by atoms with Crippen molar-refractivity contribution in [3.63, 3.8) is 0 Å². The molecule has 30 heavy (non-hydrogen) atoms. The maximum atomic E-state index is 13.4. The topological polar surface area (TPSA) is 57.7 Å². The van der Waals surface area contributed by atoms with Crippen LogP contribution in [-0.4, -0.2) is 27.4 Å². The Morgan fingerprint density at radius 3 is 2.37 bits per heavy atom. The number of hydrogen-bond acceptors (Lipinski definition) is 3. The van der Waals surface area contributed by atoms with Gasteiger partial charge in [-0.2, -0.15) is 0 Å². The van der Waals surface area contributed by atoms with E-state index in [2.05, 4.69) is 0 Å². The molecule has 0 aliphatic carbocycles. The fourth-order valence-corrected chi connectivity index (χ4v) is 5.42. The van der Waals surface area contributed by atoms with Crippen LogP contribution in [0.5, 0.6) is 0 Å². The highest BCUT2D eigenvalue weighted by molar-refractivity contribution is 7.92. The number of aryl methyl sites for hydroxylation is 1. The molecule has 0 N–H and O–H groups in total. The molecule has 1 heterocycles. The van der Waals surface area contributed by atoms with E-state index < -0.39 is 10.0 Å². The number of halogens is 1. The third-order valence-electron chi connectivity index (χ3n) is 5.14. The maximum Gasteiger partial charge on any atom is 0.264 e. The van der Waals surface area contributed by atoms with Gasteiger partial charge in [0.1, 0.15) is 6.54 Å². The number of hydrogen-bond donors (Lipinski definition) is 0. The van der Waals surface area contributed by atoms with Gasteiger partial charge in [0, 0.05) is 12.2 Å². The first-order chi connectivity index (χ1) is 14.5. The van der Waals surface area contributed by atoms with Gasteiger partial charge in [0.25, 0.3) is 10.0 Å². The molecule has 5 nitrogen and oxygen atoms in total. The number of nitrogens with zero attached hydrogens (tertiary/aromatic N) is 2. The number of para-hydroxylation sites is 2. The summed E-state index contributed by atoms with van der Waals surface area (Å²) in [5.74, 6) is -0.290. The molecule has 0 saturated carbocycles. The number of sulfonamides is 1. The molecule has 0 bridgehead atoms. The highest BCUT2D eigenvalue weighted by Gasteiger charge is 2.31. The van der Waals surface area contributed by atoms with Gasteiger partial charge in [-0.3, -0.25) is 9.10 Å². The van der Waals surface area contributed by atoms with Crippen molar-refractivity contribution in [3.05, 3.63) is 89.4 Å². The standard InChI is InChI=1S/C23H21ClN2O3S/c24-20-13-5-7-15-22(20)26(30(28,29)19-11-2-1-3-12-19)17-23(27)25-16-8-10-18-9-4-6-14-21(18)25/h1-7,9,11-15H,8,10,16-17H2. The second kappa shape index (κ2) is 8.50. The monoisotopic (exact) mass is 440 g/mol. The van der Waals surface area contributed by atoms with Crippen molar-refractivity contribution >= 4 is 38.9 Å². The zero-order valence-electron chi connectivity index (χ0n) is 16.2. The molecule has 3 aromatic carbocycles. The van der Waals surface area contributed by atoms with Gasteiger partial charge >= 0.3 is 0 Å². The Hall–Kier alpha value is -2.83. The second-order valence-corrected chi connectivity index (χ2v) is 9.32. The van der Waals surface area contributed by atoms with Crippen molar-refractivity contribution in [2.45, 2.75) is 17.7 Å². The van der Waals surface area contributed by atoms with Gasteiger partial charge in [0.15, 0.2) is 0 Å². The lowest BCUT2D eigenvalue weighted by atomic mass is 10.0. The second-order valence-electron chi connectivity index (χ2n) is 7.05. The van der Waals surface area contributed by atoms with Gasteiger partial charge in [0.2, 0.25) is 5.91 Å². The van der Waals surface area contributed by atoms with Crippen LogP contribution < -0.4 is 9.21 Å². The number of benzene rings is 3. The van der Waals surface area contributed by atoms with Gasteiger partial charge in [-0.25, -0.2) is 8.42 Å². The average Bonchev–Trinajstić information content (AvgIpc) is 2.78. The number of carbonyl (C=O) groups excluding carboxylic acids is 1. The van der Waals surface area contributed by atoms with Crippen molar-refractivity contribution < 1.29 is 13.2 Å². The van der Waals surface area contributed by atoms with E-state index in [9.17, 15) is 13.2 Å². The van der Waals surface area contributed by atoms with Crippen LogP contribution in [0.1, 0.15) is 12.0 Å². The van der Waals surface area contributed by atoms with E-state index in [1.165, 1.54) is 12.1 Å². The quantitative estimate of drug-likeness (QED) is 0.586. The molecule has 1 amide bonds. The van der Waals surface area contributed by atoms with Crippen molar-refractivity contribution in [1.29, 1.82) is 0 Å². The molecular weight excluding hydrogens is 420 g/mol. The molecule has 4 rings (SSSR count). The molecule has 3 aromatic rings. The first-order valence-corrected chi connectivity index (χ1v) is 11.5. The van der Waals surface area contributed by atoms with E-state index >= 15 is 0 Å². The van der Waals surface area contributed by atoms with Crippen LogP contribution in [0, 0.1) is 0 Å². The average molecular weight is 441 g/mol. The minimum Gasteiger partial charge on any atom is -0.311 e. The van der Waals surface area contributed by atoms with E-state index in [0.29, 0.717) is 6.54 Å². The molecule has 0 aromatic heterocycles. The molecule has 154 valence electrons. The Kier molecular flexibility index (Phi) is 5.79. The number of rotatable bonds is 5. The van der Waals surface area contributed by atoms with Crippen LogP contribution in [0.4, 0.5) is 11.4 Å². The van der Waals surface area contributed by atoms with Gasteiger partial charge in [-0.15, -0.1) is 0 Å². The number of fused-ring (bicyclic) bond motifs is 1. The van der Waals surface area contributed by atoms with Gasteiger partial charge in [-0.1, -0.05) is 60.1 Å². The predicted molar refractivity (Wildman–Crippen MR) is 120 cm³/mol. The van der Waals surface area contributed by atoms with Crippen LogP contribution >= 0.6 is 11.6 Å². The fraction of sp³-hybridized carbons (Fsp3) is 0.174. The van der Waals surface area contributed by atoms with E-state index in [1.807, 2.05) is 24.3 Å². The first-order valence-electron chi connectivity index (χ1n) is 9.69. The van der Waals surface area contributed by atoms with E-state index in [-0.39, 0.29) is 28.1 Å². The molecule has 0 radical (unpaired) electrons. The lowest BCUT2D eigenvalue weighted by Crippen LogP contribution is -2.45. The summed E-state index contributed by atoms with van der Waals surface area (Å²) < 4.78 is 28.0. The Morgan fingerprint density at radius 1 is 0.933 bits per heavy atom. The van der Waals surface area contributed by atoms with Crippen molar-refractivity contribution in [1.82, 2.24) is 0 Å². The predicted octanol–water partition coefficient (Wildman–Crippen LogP) is 4.51. The first kappa shape index (κ1) is 20.4. The summed E-state index contributed by atoms with van der Waals surface area (Å²) in [5.41, 5.74) is 2.21. The van der Waals surface area contributed by atoms with Crippen molar-refractivity contribution in [2.24, 2.45) is 0 Å². The molecular formula is C23H21ClN2O3S. The van der Waals surface area contributed by atoms with Crippen LogP contribution in [0.15, 0.2) is 83.8 Å². The zero-order valence-corrected chi connectivity index (χ0v) is 17.8. The molecule has 0 unspecified atom stereocenters. The maximum absolute atomic E-state index is 13.4. The van der Waals surface area contributed by atoms with Crippen LogP contribution in [0.25, 0.3) is 0 Å². The van der Waals surface area contributed by atoms with E-state index in [4.69, 9.17) is 11.6 Å². The van der Waals surface area contributed by atoms with Crippen LogP contribution in [-0.2, 0) is 21.2 Å². The van der Waals surface area contributed by atoms with Crippen LogP contribution in [0.2, 0.25) is 5.02 Å². The molecule has 1 aliphatic heterocycles. The lowest BCUT2D eigenvalue weighted by molar-refractivity contribution is -0.117. The highest BCUT2D eigenvalue weighted by atomic mass is 35.5. The summed E-state index contributed by atoms with van der Waals surface area (Å²) in [6.07, 6.45) is 1.73. The SMILES string of the molecule is O=C(CN(c1ccccc1Cl)S(=O)(=O)c1ccccc1)N1CCCc2ccccc21. The van der Waals surface area contributed by atoms with Gasteiger partial charge in [0.05, 0.1) is 15.6 Å². The Balaban J connectivity index is 1.73. The minimum absolute atomic E-state index is 0.108. The fourth-order valence-electron chi connectivity index (χ4n) is 3.67. The Bertz CT molecular complexity index is 1170. The normalized spacial score (nSPS) is 13.6. The highest BCUT2D eigenvalue weighted by Crippen LogP contribution is 2.32. The van der Waals surface area contributed by atoms with E-state index in [1.54, 1.807) is 47.4 Å². The smallest absolute Gasteiger partial charge is 0.264 e. The summed E-state index contributed by atoms with van der Waals surface area (Å²) in [6.45, 7) is 0.215. The van der Waals surface area contributed by atoms with Gasteiger partial charge < -0.3 is 4.90 Å². The van der Waals surface area contributed by atoms with Gasteiger partial charge in [-0.05, 0) is 48.7 Å². The summed E-state index contributed by atoms with van der Waals surface area (Å²) in [6, 6.07) is 22.5. The number of amides is 1. The Labute approximate surface area is 181 Å². The zero-order chi connectivity index (χ0) is 21.1. The molecule has 0 spiro atoms. The van der Waals surface area contributed by atoms with E-state index in [0.717, 1.165) is 28.4 Å². The third kappa shape index (κ3) is 3.93. The van der Waals surface area contributed by atoms with Crippen molar-refractivity contribution in [2.75, 3.05) is 22.3 Å². The molecule has 0 saturated heterocycles. The lowest BCUT2D eigenvalue weighted by Gasteiger charge is -2.32. The molecule has 7 heteroatoms. The number of carbonyl (C=O) groups is 1. The molecule has 0 atom stereocenters. The summed E-state index contributed by atoms with van der Waals surface area (Å²) in [4.78, 5) is 15.1. The molecule has 1 aliphatic rings.